The molecule has 5 aromatic rings. The van der Waals surface area contributed by atoms with E-state index in [1.54, 1.807) is 35.0 Å². The molecule has 0 aliphatic rings. The molecule has 184 valence electrons. The summed E-state index contributed by atoms with van der Waals surface area (Å²) in [5, 5.41) is 7.90. The summed E-state index contributed by atoms with van der Waals surface area (Å²) in [6.07, 6.45) is 1.33. The van der Waals surface area contributed by atoms with Crippen LogP contribution in [0.25, 0.3) is 27.8 Å². The number of anilines is 1. The van der Waals surface area contributed by atoms with Crippen molar-refractivity contribution in [1.29, 1.82) is 0 Å². The molecule has 0 saturated carbocycles. The van der Waals surface area contributed by atoms with Crippen molar-refractivity contribution < 1.29 is 14.3 Å². The van der Waals surface area contributed by atoms with Gasteiger partial charge >= 0.3 is 5.97 Å². The average molecular weight is 494 g/mol. The Hall–Kier alpha value is -5.05. The van der Waals surface area contributed by atoms with E-state index < -0.39 is 18.5 Å². The van der Waals surface area contributed by atoms with Gasteiger partial charge in [0.2, 0.25) is 0 Å². The van der Waals surface area contributed by atoms with Crippen molar-refractivity contribution >= 4 is 28.6 Å². The van der Waals surface area contributed by atoms with Crippen LogP contribution < -0.4 is 10.9 Å². The molecule has 1 N–H and O–H groups in total. The lowest BCUT2D eigenvalue weighted by Crippen LogP contribution is -2.25. The summed E-state index contributed by atoms with van der Waals surface area (Å²) in [6.45, 7) is -0.372. The summed E-state index contributed by atoms with van der Waals surface area (Å²) >= 11 is 0. The van der Waals surface area contributed by atoms with Crippen molar-refractivity contribution in [3.05, 3.63) is 108 Å². The van der Waals surface area contributed by atoms with Gasteiger partial charge in [-0.3, -0.25) is 19.0 Å². The van der Waals surface area contributed by atoms with E-state index in [0.717, 1.165) is 11.3 Å². The fraction of sp³-hybridized carbons (Fsp3) is 0.107. The molecule has 0 bridgehead atoms. The molecule has 0 unspecified atom stereocenters. The molecular formula is C28H23N5O4. The zero-order valence-corrected chi connectivity index (χ0v) is 19.8. The van der Waals surface area contributed by atoms with Crippen LogP contribution in [0.15, 0.2) is 102 Å². The first-order chi connectivity index (χ1) is 18.1. The Labute approximate surface area is 212 Å². The maximum atomic E-state index is 12.6. The van der Waals surface area contributed by atoms with E-state index in [1.807, 2.05) is 60.7 Å². The minimum Gasteiger partial charge on any atom is -0.456 e. The van der Waals surface area contributed by atoms with E-state index in [-0.39, 0.29) is 18.5 Å². The van der Waals surface area contributed by atoms with Gasteiger partial charge in [0.05, 0.1) is 35.0 Å². The number of hydrogen-bond donors (Lipinski definition) is 1. The molecule has 0 radical (unpaired) electrons. The van der Waals surface area contributed by atoms with Crippen LogP contribution in [0, 0.1) is 0 Å². The lowest BCUT2D eigenvalue weighted by Gasteiger charge is -2.10. The summed E-state index contributed by atoms with van der Waals surface area (Å²) in [6, 6.07) is 27.8. The van der Waals surface area contributed by atoms with Crippen molar-refractivity contribution in [1.82, 2.24) is 19.3 Å². The number of amides is 1. The second kappa shape index (κ2) is 10.7. The first kappa shape index (κ1) is 23.7. The Balaban J connectivity index is 1.22. The predicted octanol–water partition coefficient (Wildman–Crippen LogP) is 3.82. The van der Waals surface area contributed by atoms with Gasteiger partial charge in [-0.15, -0.1) is 0 Å². The highest BCUT2D eigenvalue weighted by molar-refractivity contribution is 5.93. The number of benzene rings is 3. The molecule has 2 heterocycles. The second-order valence-corrected chi connectivity index (χ2v) is 8.25. The number of fused-ring (bicyclic) bond motifs is 1. The molecule has 0 aliphatic carbocycles. The molecule has 9 heteroatoms. The third-order valence-corrected chi connectivity index (χ3v) is 5.70. The van der Waals surface area contributed by atoms with Crippen molar-refractivity contribution in [3.63, 3.8) is 0 Å². The summed E-state index contributed by atoms with van der Waals surface area (Å²) in [5.41, 5.74) is 2.71. The van der Waals surface area contributed by atoms with Crippen molar-refractivity contribution in [2.75, 3.05) is 11.9 Å². The number of aromatic nitrogens is 4. The summed E-state index contributed by atoms with van der Waals surface area (Å²) < 4.78 is 8.13. The first-order valence-corrected chi connectivity index (χ1v) is 11.7. The normalized spacial score (nSPS) is 10.8. The van der Waals surface area contributed by atoms with Gasteiger partial charge < -0.3 is 10.1 Å². The Kier molecular flexibility index (Phi) is 6.84. The van der Waals surface area contributed by atoms with Gasteiger partial charge in [-0.05, 0) is 24.3 Å². The number of esters is 1. The minimum atomic E-state index is -0.600. The lowest BCUT2D eigenvalue weighted by atomic mass is 10.2. The van der Waals surface area contributed by atoms with E-state index in [0.29, 0.717) is 22.4 Å². The zero-order valence-electron chi connectivity index (χ0n) is 19.8. The summed E-state index contributed by atoms with van der Waals surface area (Å²) in [7, 11) is 0. The zero-order chi connectivity index (χ0) is 25.6. The highest BCUT2D eigenvalue weighted by Gasteiger charge is 2.15. The number of ether oxygens (including phenoxy) is 1. The van der Waals surface area contributed by atoms with Crippen LogP contribution in [-0.2, 0) is 20.9 Å². The van der Waals surface area contributed by atoms with Gasteiger partial charge in [0.25, 0.3) is 11.5 Å². The van der Waals surface area contributed by atoms with E-state index in [2.05, 4.69) is 15.4 Å². The lowest BCUT2D eigenvalue weighted by molar-refractivity contribution is -0.147. The molecule has 0 spiro atoms. The molecule has 0 aliphatic heterocycles. The summed E-state index contributed by atoms with van der Waals surface area (Å²) in [5.74, 6) is -0.661. The van der Waals surface area contributed by atoms with Crippen LogP contribution in [-0.4, -0.2) is 37.8 Å². The van der Waals surface area contributed by atoms with E-state index >= 15 is 0 Å². The van der Waals surface area contributed by atoms with E-state index in [1.165, 1.54) is 10.9 Å². The molecule has 2 aromatic heterocycles. The molecule has 1 amide bonds. The molecule has 0 atom stereocenters. The number of carbonyl (C=O) groups excluding carboxylic acids is 2. The largest absolute Gasteiger partial charge is 0.456 e. The third kappa shape index (κ3) is 5.46. The van der Waals surface area contributed by atoms with E-state index in [9.17, 15) is 14.4 Å². The van der Waals surface area contributed by atoms with Gasteiger partial charge in [0.1, 0.15) is 5.82 Å². The number of para-hydroxylation sites is 2. The van der Waals surface area contributed by atoms with Crippen molar-refractivity contribution in [2.24, 2.45) is 0 Å². The Morgan fingerprint density at radius 2 is 1.59 bits per heavy atom. The fourth-order valence-corrected chi connectivity index (χ4v) is 3.86. The smallest absolute Gasteiger partial charge is 0.308 e. The van der Waals surface area contributed by atoms with Crippen molar-refractivity contribution in [3.8, 4) is 16.9 Å². The number of nitrogens with one attached hydrogen (secondary N) is 1. The third-order valence-electron chi connectivity index (χ3n) is 5.70. The Bertz CT molecular complexity index is 1610. The predicted molar refractivity (Wildman–Crippen MR) is 139 cm³/mol. The molecule has 0 fully saturated rings. The Morgan fingerprint density at radius 3 is 2.38 bits per heavy atom. The monoisotopic (exact) mass is 493 g/mol. The number of carbonyl (C=O) groups is 2. The standard InChI is InChI=1S/C28H23N5O4/c34-26(18-37-27(35)15-16-32-19-29-23-14-8-7-13-22(23)28(32)36)30-25-17-24(20-9-3-1-4-10-20)31-33(25)21-11-5-2-6-12-21/h1-14,17,19H,15-16,18H2,(H,30,34). The van der Waals surface area contributed by atoms with Crippen LogP contribution >= 0.6 is 0 Å². The number of aryl methyl sites for hydroxylation is 1. The van der Waals surface area contributed by atoms with Gasteiger partial charge in [-0.25, -0.2) is 9.67 Å². The van der Waals surface area contributed by atoms with Gasteiger partial charge in [0, 0.05) is 18.2 Å². The molecule has 37 heavy (non-hydrogen) atoms. The summed E-state index contributed by atoms with van der Waals surface area (Å²) in [4.78, 5) is 41.7. The second-order valence-electron chi connectivity index (χ2n) is 8.25. The molecule has 5 rings (SSSR count). The van der Waals surface area contributed by atoms with Gasteiger partial charge in [-0.1, -0.05) is 60.7 Å². The van der Waals surface area contributed by atoms with Gasteiger partial charge in [-0.2, -0.15) is 5.10 Å². The highest BCUT2D eigenvalue weighted by atomic mass is 16.5. The topological polar surface area (TPSA) is 108 Å². The molecular weight excluding hydrogens is 470 g/mol. The maximum absolute atomic E-state index is 12.6. The molecule has 9 nitrogen and oxygen atoms in total. The number of nitrogens with zero attached hydrogens (tertiary/aromatic N) is 4. The van der Waals surface area contributed by atoms with Crippen LogP contribution in [0.4, 0.5) is 5.82 Å². The average Bonchev–Trinajstić information content (AvgIpc) is 3.36. The molecule has 3 aromatic carbocycles. The quantitative estimate of drug-likeness (QED) is 0.329. The number of hydrogen-bond acceptors (Lipinski definition) is 6. The van der Waals surface area contributed by atoms with Crippen LogP contribution in [0.5, 0.6) is 0 Å². The van der Waals surface area contributed by atoms with Crippen LogP contribution in [0.3, 0.4) is 0 Å². The van der Waals surface area contributed by atoms with Crippen LogP contribution in [0.1, 0.15) is 6.42 Å². The highest BCUT2D eigenvalue weighted by Crippen LogP contribution is 2.24. The first-order valence-electron chi connectivity index (χ1n) is 11.7. The SMILES string of the molecule is O=C(COC(=O)CCn1cnc2ccccc2c1=O)Nc1cc(-c2ccccc2)nn1-c1ccccc1. The van der Waals surface area contributed by atoms with Crippen molar-refractivity contribution in [2.45, 2.75) is 13.0 Å². The fourth-order valence-electron chi connectivity index (χ4n) is 3.86. The number of rotatable bonds is 8. The van der Waals surface area contributed by atoms with Gasteiger partial charge in [0.15, 0.2) is 6.61 Å². The van der Waals surface area contributed by atoms with Crippen LogP contribution in [0.2, 0.25) is 0 Å². The maximum Gasteiger partial charge on any atom is 0.308 e. The minimum absolute atomic E-state index is 0.0761. The van der Waals surface area contributed by atoms with E-state index in [4.69, 9.17) is 4.74 Å². The Morgan fingerprint density at radius 1 is 0.892 bits per heavy atom. The molecule has 0 saturated heterocycles.